The Balaban J connectivity index is 1.78. The van der Waals surface area contributed by atoms with Gasteiger partial charge in [-0.1, -0.05) is 13.8 Å². The zero-order valence-electron chi connectivity index (χ0n) is 16.5. The molecule has 0 spiro atoms. The van der Waals surface area contributed by atoms with E-state index in [9.17, 15) is 4.79 Å². The van der Waals surface area contributed by atoms with Crippen LogP contribution in [0.15, 0.2) is 22.8 Å². The summed E-state index contributed by atoms with van der Waals surface area (Å²) in [5, 5.41) is 4.57. The van der Waals surface area contributed by atoms with Crippen LogP contribution in [-0.4, -0.2) is 52.2 Å². The topological polar surface area (TPSA) is 54.5 Å². The van der Waals surface area contributed by atoms with Gasteiger partial charge in [0.15, 0.2) is 5.69 Å². The lowest BCUT2D eigenvalue weighted by molar-refractivity contribution is 0.0767. The molecule has 0 bridgehead atoms. The van der Waals surface area contributed by atoms with Gasteiger partial charge in [0.25, 0.3) is 5.91 Å². The lowest BCUT2D eigenvalue weighted by Gasteiger charge is -2.32. The fourth-order valence-electron chi connectivity index (χ4n) is 3.93. The van der Waals surface area contributed by atoms with Gasteiger partial charge in [-0.05, 0) is 44.4 Å². The maximum Gasteiger partial charge on any atom is 0.274 e. The number of likely N-dealkylation sites (N-methyl/N-ethyl adjacent to an activating group) is 1. The molecule has 6 heteroatoms. The van der Waals surface area contributed by atoms with E-state index < -0.39 is 0 Å². The molecular weight excluding hydrogens is 328 g/mol. The van der Waals surface area contributed by atoms with Crippen LogP contribution in [0.4, 0.5) is 0 Å². The zero-order valence-corrected chi connectivity index (χ0v) is 16.5. The molecule has 1 aliphatic carbocycles. The summed E-state index contributed by atoms with van der Waals surface area (Å²) in [6.07, 6.45) is 4.61. The lowest BCUT2D eigenvalue weighted by Crippen LogP contribution is -2.39. The fourth-order valence-corrected chi connectivity index (χ4v) is 3.93. The minimum Gasteiger partial charge on any atom is -0.467 e. The Morgan fingerprint density at radius 2 is 2.19 bits per heavy atom. The molecule has 0 saturated heterocycles. The maximum absolute atomic E-state index is 13.0. The summed E-state index contributed by atoms with van der Waals surface area (Å²) >= 11 is 0. The third kappa shape index (κ3) is 3.85. The van der Waals surface area contributed by atoms with Gasteiger partial charge in [-0.3, -0.25) is 9.48 Å². The predicted octanol–water partition coefficient (Wildman–Crippen LogP) is 2.73. The van der Waals surface area contributed by atoms with Crippen molar-refractivity contribution in [3.8, 4) is 0 Å². The van der Waals surface area contributed by atoms with Crippen LogP contribution >= 0.6 is 0 Å². The van der Waals surface area contributed by atoms with Crippen LogP contribution in [0.25, 0.3) is 0 Å². The number of fused-ring (bicyclic) bond motifs is 1. The van der Waals surface area contributed by atoms with E-state index in [1.807, 2.05) is 23.9 Å². The largest absolute Gasteiger partial charge is 0.467 e. The number of aromatic nitrogens is 2. The molecule has 1 atom stereocenters. The Kier molecular flexibility index (Phi) is 5.51. The van der Waals surface area contributed by atoms with Gasteiger partial charge in [0.1, 0.15) is 5.76 Å². The molecule has 0 aromatic carbocycles. The normalized spacial score (nSPS) is 17.0. The summed E-state index contributed by atoms with van der Waals surface area (Å²) in [5.74, 6) is 1.38. The molecule has 3 rings (SSSR count). The number of carbonyl (C=O) groups is 1. The van der Waals surface area contributed by atoms with Gasteiger partial charge in [0.05, 0.1) is 12.8 Å². The number of amides is 1. The molecule has 0 N–H and O–H groups in total. The third-order valence-corrected chi connectivity index (χ3v) is 5.23. The fraction of sp³-hybridized carbons (Fsp3) is 0.600. The number of rotatable bonds is 6. The van der Waals surface area contributed by atoms with E-state index in [2.05, 4.69) is 30.9 Å². The first-order valence-electron chi connectivity index (χ1n) is 9.39. The molecule has 26 heavy (non-hydrogen) atoms. The van der Waals surface area contributed by atoms with Crippen LogP contribution in [-0.2, 0) is 26.4 Å². The van der Waals surface area contributed by atoms with Crippen LogP contribution in [0, 0.1) is 5.92 Å². The molecule has 1 amide bonds. The highest BCUT2D eigenvalue weighted by Gasteiger charge is 2.31. The number of carbonyl (C=O) groups excluding carboxylic acids is 1. The van der Waals surface area contributed by atoms with Gasteiger partial charge < -0.3 is 14.2 Å². The smallest absolute Gasteiger partial charge is 0.274 e. The molecule has 0 saturated carbocycles. The Morgan fingerprint density at radius 3 is 2.85 bits per heavy atom. The van der Waals surface area contributed by atoms with Gasteiger partial charge in [-0.25, -0.2) is 0 Å². The molecule has 142 valence electrons. The predicted molar refractivity (Wildman–Crippen MR) is 101 cm³/mol. The van der Waals surface area contributed by atoms with Crippen LogP contribution < -0.4 is 0 Å². The minimum absolute atomic E-state index is 0.0367. The molecule has 1 aliphatic rings. The molecule has 0 aliphatic heterocycles. The summed E-state index contributed by atoms with van der Waals surface area (Å²) in [7, 11) is 5.94. The number of hydrogen-bond donors (Lipinski definition) is 0. The summed E-state index contributed by atoms with van der Waals surface area (Å²) in [4.78, 5) is 17.1. The molecule has 0 fully saturated rings. The Morgan fingerprint density at radius 1 is 1.42 bits per heavy atom. The van der Waals surface area contributed by atoms with Gasteiger partial charge in [-0.2, -0.15) is 5.10 Å². The standard InChI is InChI=1S/C20H30N4O2/c1-14(2)12-22(3)15-8-9-18-17(11-15)19(21-24(18)5)20(25)23(4)13-16-7-6-10-26-16/h6-7,10,14-15H,8-9,11-13H2,1-5H3. The van der Waals surface area contributed by atoms with Gasteiger partial charge in [0, 0.05) is 37.9 Å². The molecular formula is C20H30N4O2. The van der Waals surface area contributed by atoms with Crippen molar-refractivity contribution < 1.29 is 9.21 Å². The number of hydrogen-bond acceptors (Lipinski definition) is 4. The van der Waals surface area contributed by atoms with Crippen molar-refractivity contribution in [3.63, 3.8) is 0 Å². The van der Waals surface area contributed by atoms with Crippen LogP contribution in [0.3, 0.4) is 0 Å². The van der Waals surface area contributed by atoms with Gasteiger partial charge in [-0.15, -0.1) is 0 Å². The van der Waals surface area contributed by atoms with E-state index in [1.165, 1.54) is 5.69 Å². The van der Waals surface area contributed by atoms with E-state index in [-0.39, 0.29) is 5.91 Å². The van der Waals surface area contributed by atoms with Crippen molar-refractivity contribution in [2.45, 2.75) is 45.7 Å². The third-order valence-electron chi connectivity index (χ3n) is 5.23. The second kappa shape index (κ2) is 7.66. The second-order valence-electron chi connectivity index (χ2n) is 7.87. The Bertz CT molecular complexity index is 748. The second-order valence-corrected chi connectivity index (χ2v) is 7.87. The highest BCUT2D eigenvalue weighted by Crippen LogP contribution is 2.28. The molecule has 2 aromatic heterocycles. The van der Waals surface area contributed by atoms with Gasteiger partial charge >= 0.3 is 0 Å². The Labute approximate surface area is 155 Å². The lowest BCUT2D eigenvalue weighted by atomic mass is 9.90. The van der Waals surface area contributed by atoms with Crippen LogP contribution in [0.2, 0.25) is 0 Å². The quantitative estimate of drug-likeness (QED) is 0.797. The Hall–Kier alpha value is -2.08. The van der Waals surface area contributed by atoms with E-state index in [0.29, 0.717) is 24.2 Å². The van der Waals surface area contributed by atoms with Crippen molar-refractivity contribution in [2.24, 2.45) is 13.0 Å². The van der Waals surface area contributed by atoms with Crippen molar-refractivity contribution >= 4 is 5.91 Å². The number of furan rings is 1. The van der Waals surface area contributed by atoms with Crippen LogP contribution in [0.5, 0.6) is 0 Å². The number of nitrogens with zero attached hydrogens (tertiary/aromatic N) is 4. The van der Waals surface area contributed by atoms with Crippen molar-refractivity contribution in [1.82, 2.24) is 19.6 Å². The SMILES string of the molecule is CC(C)CN(C)C1CCc2c(c(C(=O)N(C)Cc3ccco3)nn2C)C1. The summed E-state index contributed by atoms with van der Waals surface area (Å²) in [6, 6.07) is 4.19. The minimum atomic E-state index is -0.0367. The van der Waals surface area contributed by atoms with E-state index >= 15 is 0 Å². The number of aryl methyl sites for hydroxylation is 1. The zero-order chi connectivity index (χ0) is 18.8. The highest BCUT2D eigenvalue weighted by molar-refractivity contribution is 5.94. The van der Waals surface area contributed by atoms with Gasteiger partial charge in [0.2, 0.25) is 0 Å². The summed E-state index contributed by atoms with van der Waals surface area (Å²) in [5.41, 5.74) is 2.92. The average molecular weight is 358 g/mol. The highest BCUT2D eigenvalue weighted by atomic mass is 16.3. The summed E-state index contributed by atoms with van der Waals surface area (Å²) < 4.78 is 7.26. The first-order valence-corrected chi connectivity index (χ1v) is 9.39. The first kappa shape index (κ1) is 18.7. The van der Waals surface area contributed by atoms with E-state index in [0.717, 1.165) is 37.1 Å². The van der Waals surface area contributed by atoms with E-state index in [1.54, 1.807) is 18.2 Å². The molecule has 2 aromatic rings. The van der Waals surface area contributed by atoms with Crippen molar-refractivity contribution in [1.29, 1.82) is 0 Å². The molecule has 6 nitrogen and oxygen atoms in total. The average Bonchev–Trinajstić information content (AvgIpc) is 3.21. The monoisotopic (exact) mass is 358 g/mol. The molecule has 2 heterocycles. The first-order chi connectivity index (χ1) is 12.4. The summed E-state index contributed by atoms with van der Waals surface area (Å²) in [6.45, 7) is 6.01. The molecule has 0 radical (unpaired) electrons. The van der Waals surface area contributed by atoms with Crippen molar-refractivity contribution in [3.05, 3.63) is 41.1 Å². The van der Waals surface area contributed by atoms with E-state index in [4.69, 9.17) is 4.42 Å². The maximum atomic E-state index is 13.0. The van der Waals surface area contributed by atoms with Crippen molar-refractivity contribution in [2.75, 3.05) is 20.6 Å². The van der Waals surface area contributed by atoms with Crippen LogP contribution in [0.1, 0.15) is 47.8 Å². The molecule has 1 unspecified atom stereocenters.